The average molecular weight is 1040 g/mol. The van der Waals surface area contributed by atoms with Crippen molar-refractivity contribution in [2.24, 2.45) is 23.3 Å². The lowest BCUT2D eigenvalue weighted by atomic mass is 9.98. The lowest BCUT2D eigenvalue weighted by molar-refractivity contribution is -0.139. The summed E-state index contributed by atoms with van der Waals surface area (Å²) in [6, 6.07) is 4.47. The summed E-state index contributed by atoms with van der Waals surface area (Å²) in [5, 5.41) is 40.0. The standard InChI is InChI=1S/C48H72N16O8.ClH/c1-6-23-70-25-27-72-28-26-71-24-14-51-46-52-47(61-19-15-59(16-20-61)44(68)40(12-13-42(66)67)63-32-39(56-58-63)43(50)34(5)7-2)54-48(53-46)62-21-17-60(18-22-62)45(69)41(30-35-8-10-36(65)11-9-35)64-31-38(55-57-64)37(49)29-33(3)4;/h1,8-11,31-34,37,40-41,43,65H,7,12-30,49-50H2,2-5H3,(H,66,67)(H,51,52,53,54);1H/t34-,37?,40+,41+,43?;/m1./s1. The van der Waals surface area contributed by atoms with Crippen molar-refractivity contribution >= 4 is 48.0 Å². The van der Waals surface area contributed by atoms with Crippen LogP contribution in [0.4, 0.5) is 17.8 Å². The van der Waals surface area contributed by atoms with Crippen molar-refractivity contribution in [1.82, 2.24) is 54.7 Å². The molecule has 2 saturated heterocycles. The van der Waals surface area contributed by atoms with E-state index in [1.165, 1.54) is 4.68 Å². The van der Waals surface area contributed by atoms with Crippen molar-refractivity contribution in [3.8, 4) is 18.1 Å². The number of benzene rings is 1. The molecule has 2 unspecified atom stereocenters. The van der Waals surface area contributed by atoms with E-state index < -0.39 is 18.1 Å². The van der Waals surface area contributed by atoms with Crippen LogP contribution in [0.3, 0.4) is 0 Å². The lowest BCUT2D eigenvalue weighted by Gasteiger charge is -2.38. The van der Waals surface area contributed by atoms with Gasteiger partial charge in [-0.3, -0.25) is 14.4 Å². The fourth-order valence-corrected chi connectivity index (χ4v) is 8.36. The van der Waals surface area contributed by atoms with Crippen molar-refractivity contribution < 1.29 is 38.8 Å². The maximum absolute atomic E-state index is 14.5. The van der Waals surface area contributed by atoms with Gasteiger partial charge in [0.2, 0.25) is 29.7 Å². The first-order valence-corrected chi connectivity index (χ1v) is 24.8. The highest BCUT2D eigenvalue weighted by Gasteiger charge is 2.34. The van der Waals surface area contributed by atoms with Crippen LogP contribution in [0, 0.1) is 24.2 Å². The zero-order valence-electron chi connectivity index (χ0n) is 42.4. The third kappa shape index (κ3) is 16.9. The van der Waals surface area contributed by atoms with Gasteiger partial charge in [0.05, 0.1) is 68.9 Å². The van der Waals surface area contributed by atoms with Gasteiger partial charge in [0, 0.05) is 71.7 Å². The van der Waals surface area contributed by atoms with Crippen molar-refractivity contribution in [2.75, 3.05) is 114 Å². The predicted octanol–water partition coefficient (Wildman–Crippen LogP) is 2.26. The molecule has 5 heterocycles. The number of aliphatic carboxylic acids is 1. The minimum Gasteiger partial charge on any atom is -0.508 e. The Morgan fingerprint density at radius 1 is 0.767 bits per heavy atom. The van der Waals surface area contributed by atoms with Crippen LogP contribution in [-0.2, 0) is 35.0 Å². The first-order valence-electron chi connectivity index (χ1n) is 24.8. The summed E-state index contributed by atoms with van der Waals surface area (Å²) in [5.41, 5.74) is 14.9. The zero-order valence-corrected chi connectivity index (χ0v) is 43.2. The van der Waals surface area contributed by atoms with Gasteiger partial charge in [0.1, 0.15) is 24.4 Å². The molecule has 7 N–H and O–H groups in total. The quantitative estimate of drug-likeness (QED) is 0.0403. The smallest absolute Gasteiger partial charge is 0.303 e. The molecule has 3 aromatic heterocycles. The van der Waals surface area contributed by atoms with E-state index in [-0.39, 0.29) is 67.4 Å². The lowest BCUT2D eigenvalue weighted by Crippen LogP contribution is -2.52. The molecule has 0 radical (unpaired) electrons. The summed E-state index contributed by atoms with van der Waals surface area (Å²) < 4.78 is 19.6. The second kappa shape index (κ2) is 28.9. The number of anilines is 3. The Labute approximate surface area is 432 Å². The molecule has 6 rings (SSSR count). The molecule has 24 nitrogen and oxygen atoms in total. The number of aromatic hydroxyl groups is 1. The Morgan fingerprint density at radius 3 is 1.86 bits per heavy atom. The number of phenolic OH excluding ortho intramolecular Hbond substituents is 1. The number of ether oxygens (including phenoxy) is 3. The molecule has 5 atom stereocenters. The molecule has 25 heteroatoms. The summed E-state index contributed by atoms with van der Waals surface area (Å²) in [6.07, 6.45) is 10.3. The van der Waals surface area contributed by atoms with Crippen LogP contribution >= 0.6 is 12.4 Å². The third-order valence-electron chi connectivity index (χ3n) is 12.8. The summed E-state index contributed by atoms with van der Waals surface area (Å²) in [4.78, 5) is 62.4. The van der Waals surface area contributed by atoms with Gasteiger partial charge in [-0.2, -0.15) is 15.0 Å². The molecule has 1 aromatic carbocycles. The second-order valence-electron chi connectivity index (χ2n) is 18.5. The molecule has 0 saturated carbocycles. The first-order chi connectivity index (χ1) is 34.7. The van der Waals surface area contributed by atoms with E-state index in [1.54, 1.807) is 46.2 Å². The Bertz CT molecular complexity index is 2370. The molecule has 400 valence electrons. The van der Waals surface area contributed by atoms with Gasteiger partial charge >= 0.3 is 5.97 Å². The van der Waals surface area contributed by atoms with Crippen molar-refractivity contribution in [1.29, 1.82) is 0 Å². The van der Waals surface area contributed by atoms with E-state index in [0.29, 0.717) is 134 Å². The number of hydrogen-bond donors (Lipinski definition) is 5. The molecular formula is C48H73ClN16O8. The number of piperazine rings is 2. The van der Waals surface area contributed by atoms with Crippen molar-refractivity contribution in [3.05, 3.63) is 53.6 Å². The number of carboxylic acids is 1. The van der Waals surface area contributed by atoms with E-state index >= 15 is 0 Å². The van der Waals surface area contributed by atoms with Gasteiger partial charge in [-0.1, -0.05) is 62.6 Å². The number of phenols is 1. The third-order valence-corrected chi connectivity index (χ3v) is 12.8. The normalized spacial score (nSPS) is 16.1. The maximum Gasteiger partial charge on any atom is 0.303 e. The van der Waals surface area contributed by atoms with E-state index in [1.807, 2.05) is 28.5 Å². The zero-order chi connectivity index (χ0) is 51.6. The highest BCUT2D eigenvalue weighted by atomic mass is 35.5. The minimum atomic E-state index is -1.02. The summed E-state index contributed by atoms with van der Waals surface area (Å²) >= 11 is 0. The summed E-state index contributed by atoms with van der Waals surface area (Å²) in [7, 11) is 0. The Kier molecular flexibility index (Phi) is 22.8. The largest absolute Gasteiger partial charge is 0.508 e. The molecular weight excluding hydrogens is 964 g/mol. The number of rotatable bonds is 28. The monoisotopic (exact) mass is 1040 g/mol. The number of halogens is 1. The molecule has 2 aliphatic heterocycles. The van der Waals surface area contributed by atoms with Gasteiger partial charge in [0.25, 0.3) is 0 Å². The van der Waals surface area contributed by atoms with Crippen LogP contribution in [0.2, 0.25) is 0 Å². The van der Waals surface area contributed by atoms with Crippen LogP contribution in [0.25, 0.3) is 0 Å². The number of nitrogens with two attached hydrogens (primary N) is 2. The van der Waals surface area contributed by atoms with Crippen LogP contribution in [-0.4, -0.2) is 181 Å². The Morgan fingerprint density at radius 2 is 1.30 bits per heavy atom. The fraction of sp³-hybridized carbons (Fsp3) is 0.625. The number of carbonyl (C=O) groups excluding carboxylic acids is 2. The number of aromatic nitrogens is 9. The Hall–Kier alpha value is -6.23. The molecule has 4 aromatic rings. The number of nitrogens with zero attached hydrogens (tertiary/aromatic N) is 13. The van der Waals surface area contributed by atoms with Crippen LogP contribution in [0.15, 0.2) is 36.7 Å². The topological polar surface area (TPSA) is 296 Å². The maximum atomic E-state index is 14.5. The van der Waals surface area contributed by atoms with Gasteiger partial charge in [-0.25, -0.2) is 9.36 Å². The van der Waals surface area contributed by atoms with E-state index in [9.17, 15) is 24.6 Å². The fourth-order valence-electron chi connectivity index (χ4n) is 8.36. The van der Waals surface area contributed by atoms with E-state index in [0.717, 1.165) is 18.4 Å². The number of nitrogens with one attached hydrogen (secondary N) is 1. The molecule has 2 amide bonds. The molecule has 0 aliphatic carbocycles. The summed E-state index contributed by atoms with van der Waals surface area (Å²) in [6.45, 7) is 13.7. The number of amides is 2. The molecule has 2 aliphatic rings. The van der Waals surface area contributed by atoms with E-state index in [2.05, 4.69) is 45.7 Å². The van der Waals surface area contributed by atoms with Crippen LogP contribution in [0.1, 0.15) is 94.5 Å². The van der Waals surface area contributed by atoms with E-state index in [4.69, 9.17) is 47.1 Å². The molecule has 0 spiro atoms. The highest BCUT2D eigenvalue weighted by Crippen LogP contribution is 2.27. The van der Waals surface area contributed by atoms with Gasteiger partial charge in [-0.15, -0.1) is 29.0 Å². The Balaban J connectivity index is 0.00000988. The van der Waals surface area contributed by atoms with Gasteiger partial charge < -0.3 is 60.8 Å². The van der Waals surface area contributed by atoms with Crippen LogP contribution in [0.5, 0.6) is 5.75 Å². The SMILES string of the molecule is C#CCOCCOCCOCCNc1nc(N2CCN(C(=O)[C@H](Cc3ccc(O)cc3)n3cc(C(N)CC(C)C)nn3)CC2)nc(N2CCN(C(=O)[C@H](CCC(=O)O)n3cc(C(N)[C@H](C)CC)nn3)CC2)n1.Cl. The highest BCUT2D eigenvalue weighted by molar-refractivity contribution is 5.85. The van der Waals surface area contributed by atoms with Crippen molar-refractivity contribution in [3.63, 3.8) is 0 Å². The summed E-state index contributed by atoms with van der Waals surface area (Å²) in [5.74, 6) is 2.77. The number of carbonyl (C=O) groups is 3. The van der Waals surface area contributed by atoms with Gasteiger partial charge in [0.15, 0.2) is 0 Å². The van der Waals surface area contributed by atoms with Crippen molar-refractivity contribution in [2.45, 2.75) is 84.0 Å². The van der Waals surface area contributed by atoms with Crippen LogP contribution < -0.4 is 26.6 Å². The average Bonchev–Trinajstić information content (AvgIpc) is 4.09. The number of hydrogen-bond acceptors (Lipinski definition) is 19. The van der Waals surface area contributed by atoms with Gasteiger partial charge in [-0.05, 0) is 42.4 Å². The number of carboxylic acid groups (broad SMARTS) is 1. The number of terminal acetylenes is 1. The first kappa shape index (κ1) is 57.7. The second-order valence-corrected chi connectivity index (χ2v) is 18.5. The molecule has 0 bridgehead atoms. The molecule has 2 fully saturated rings. The molecule has 73 heavy (non-hydrogen) atoms. The minimum absolute atomic E-state index is 0. The predicted molar refractivity (Wildman–Crippen MR) is 274 cm³/mol.